The Morgan fingerprint density at radius 3 is 2.67 bits per heavy atom. The number of nitrogens with zero attached hydrogens (tertiary/aromatic N) is 3. The first-order valence-corrected chi connectivity index (χ1v) is 9.07. The average Bonchev–Trinajstić information content (AvgIpc) is 2.76. The molecule has 4 nitrogen and oxygen atoms in total. The molecule has 0 radical (unpaired) electrons. The zero-order chi connectivity index (χ0) is 15.4. The van der Waals surface area contributed by atoms with E-state index in [2.05, 4.69) is 63.7 Å². The molecule has 2 rings (SSSR count). The number of piperazine rings is 1. The Kier molecular flexibility index (Phi) is 6.26. The van der Waals surface area contributed by atoms with Gasteiger partial charge in [0.05, 0.1) is 15.9 Å². The van der Waals surface area contributed by atoms with Crippen molar-refractivity contribution < 1.29 is 0 Å². The van der Waals surface area contributed by atoms with Crippen LogP contribution in [0.15, 0.2) is 4.47 Å². The van der Waals surface area contributed by atoms with Crippen LogP contribution in [0, 0.1) is 0 Å². The van der Waals surface area contributed by atoms with E-state index in [1.165, 1.54) is 35.1 Å². The summed E-state index contributed by atoms with van der Waals surface area (Å²) in [6.45, 7) is 9.95. The lowest BCUT2D eigenvalue weighted by atomic mass is 10.0. The van der Waals surface area contributed by atoms with Gasteiger partial charge in [0.15, 0.2) is 0 Å². The molecule has 0 bridgehead atoms. The van der Waals surface area contributed by atoms with Crippen LogP contribution in [0.4, 0.5) is 0 Å². The third kappa shape index (κ3) is 3.88. The summed E-state index contributed by atoms with van der Waals surface area (Å²) in [5.41, 5.74) is 2.48. The van der Waals surface area contributed by atoms with Crippen LogP contribution in [0.3, 0.4) is 0 Å². The van der Waals surface area contributed by atoms with Gasteiger partial charge in [0.2, 0.25) is 0 Å². The number of aryl methyl sites for hydroxylation is 2. The third-order valence-electron chi connectivity index (χ3n) is 4.58. The SMILES string of the molecule is CCCC1CNC(CC)CN1Cc1c(Br)c(CC)nn1C. The van der Waals surface area contributed by atoms with Crippen molar-refractivity contribution in [2.45, 2.75) is 65.1 Å². The van der Waals surface area contributed by atoms with E-state index < -0.39 is 0 Å². The molecule has 0 saturated carbocycles. The fourth-order valence-corrected chi connectivity index (χ4v) is 3.94. The number of aromatic nitrogens is 2. The predicted octanol–water partition coefficient (Wildman–Crippen LogP) is 3.10. The van der Waals surface area contributed by atoms with Crippen molar-refractivity contribution in [3.05, 3.63) is 15.9 Å². The molecule has 2 heterocycles. The first kappa shape index (κ1) is 17.0. The second-order valence-corrected chi connectivity index (χ2v) is 6.86. The number of halogens is 1. The van der Waals surface area contributed by atoms with Crippen LogP contribution in [0.1, 0.15) is 51.4 Å². The minimum absolute atomic E-state index is 0.621. The summed E-state index contributed by atoms with van der Waals surface area (Å²) >= 11 is 3.75. The molecule has 5 heteroatoms. The molecule has 21 heavy (non-hydrogen) atoms. The summed E-state index contributed by atoms with van der Waals surface area (Å²) in [6, 6.07) is 1.26. The van der Waals surface area contributed by atoms with E-state index in [4.69, 9.17) is 0 Å². The predicted molar refractivity (Wildman–Crippen MR) is 91.5 cm³/mol. The van der Waals surface area contributed by atoms with E-state index in [0.29, 0.717) is 12.1 Å². The lowest BCUT2D eigenvalue weighted by Gasteiger charge is -2.40. The van der Waals surface area contributed by atoms with Crippen molar-refractivity contribution in [1.29, 1.82) is 0 Å². The first-order chi connectivity index (χ1) is 10.1. The van der Waals surface area contributed by atoms with Crippen LogP contribution in [0.5, 0.6) is 0 Å². The molecule has 0 spiro atoms. The molecule has 2 atom stereocenters. The maximum atomic E-state index is 4.63. The topological polar surface area (TPSA) is 33.1 Å². The fourth-order valence-electron chi connectivity index (χ4n) is 3.20. The van der Waals surface area contributed by atoms with E-state index in [0.717, 1.165) is 26.1 Å². The number of hydrogen-bond donors (Lipinski definition) is 1. The van der Waals surface area contributed by atoms with Crippen molar-refractivity contribution in [3.63, 3.8) is 0 Å². The van der Waals surface area contributed by atoms with E-state index in [1.54, 1.807) is 0 Å². The van der Waals surface area contributed by atoms with Crippen LogP contribution in [-0.2, 0) is 20.0 Å². The Morgan fingerprint density at radius 2 is 2.10 bits per heavy atom. The van der Waals surface area contributed by atoms with Gasteiger partial charge in [0.1, 0.15) is 0 Å². The third-order valence-corrected chi connectivity index (χ3v) is 5.50. The summed E-state index contributed by atoms with van der Waals surface area (Å²) in [7, 11) is 2.06. The van der Waals surface area contributed by atoms with Crippen molar-refractivity contribution in [2.24, 2.45) is 7.05 Å². The van der Waals surface area contributed by atoms with Crippen LogP contribution in [0.25, 0.3) is 0 Å². The molecule has 0 aromatic carbocycles. The van der Waals surface area contributed by atoms with Gasteiger partial charge in [0, 0.05) is 38.8 Å². The van der Waals surface area contributed by atoms with E-state index in [-0.39, 0.29) is 0 Å². The van der Waals surface area contributed by atoms with Crippen molar-refractivity contribution in [1.82, 2.24) is 20.0 Å². The summed E-state index contributed by atoms with van der Waals surface area (Å²) in [5.74, 6) is 0. The Hall–Kier alpha value is -0.390. The molecule has 2 unspecified atom stereocenters. The minimum Gasteiger partial charge on any atom is -0.311 e. The normalized spacial score (nSPS) is 23.7. The second kappa shape index (κ2) is 7.75. The van der Waals surface area contributed by atoms with E-state index in [9.17, 15) is 0 Å². The van der Waals surface area contributed by atoms with Crippen LogP contribution >= 0.6 is 15.9 Å². The van der Waals surface area contributed by atoms with Gasteiger partial charge in [-0.3, -0.25) is 9.58 Å². The largest absolute Gasteiger partial charge is 0.311 e. The summed E-state index contributed by atoms with van der Waals surface area (Å²) < 4.78 is 3.25. The molecule has 1 aliphatic heterocycles. The average molecular weight is 357 g/mol. The zero-order valence-corrected chi connectivity index (χ0v) is 15.4. The highest BCUT2D eigenvalue weighted by Crippen LogP contribution is 2.25. The quantitative estimate of drug-likeness (QED) is 0.849. The standard InChI is InChI=1S/C16H29BrN4/c1-5-8-13-9-18-12(6-2)10-21(13)11-15-16(17)14(7-3)19-20(15)4/h12-13,18H,5-11H2,1-4H3. The smallest absolute Gasteiger partial charge is 0.0767 e. The second-order valence-electron chi connectivity index (χ2n) is 6.07. The van der Waals surface area contributed by atoms with E-state index >= 15 is 0 Å². The highest BCUT2D eigenvalue weighted by Gasteiger charge is 2.28. The molecular formula is C16H29BrN4. The number of hydrogen-bond acceptors (Lipinski definition) is 3. The van der Waals surface area contributed by atoms with Crippen molar-refractivity contribution >= 4 is 15.9 Å². The van der Waals surface area contributed by atoms with Gasteiger partial charge in [0.25, 0.3) is 0 Å². The van der Waals surface area contributed by atoms with Crippen LogP contribution < -0.4 is 5.32 Å². The number of nitrogens with one attached hydrogen (secondary N) is 1. The highest BCUT2D eigenvalue weighted by atomic mass is 79.9. The Labute approximate surface area is 137 Å². The fraction of sp³-hybridized carbons (Fsp3) is 0.812. The van der Waals surface area contributed by atoms with Crippen LogP contribution in [0.2, 0.25) is 0 Å². The van der Waals surface area contributed by atoms with Gasteiger partial charge >= 0.3 is 0 Å². The maximum absolute atomic E-state index is 4.63. The van der Waals surface area contributed by atoms with Crippen molar-refractivity contribution in [3.8, 4) is 0 Å². The molecule has 1 saturated heterocycles. The first-order valence-electron chi connectivity index (χ1n) is 8.28. The molecule has 1 aromatic heterocycles. The number of rotatable bonds is 6. The molecule has 1 fully saturated rings. The van der Waals surface area contributed by atoms with Gasteiger partial charge in [-0.15, -0.1) is 0 Å². The lowest BCUT2D eigenvalue weighted by Crippen LogP contribution is -2.55. The molecule has 0 amide bonds. The van der Waals surface area contributed by atoms with Crippen LogP contribution in [-0.4, -0.2) is 39.9 Å². The molecule has 1 N–H and O–H groups in total. The van der Waals surface area contributed by atoms with Gasteiger partial charge in [-0.25, -0.2) is 0 Å². The van der Waals surface area contributed by atoms with E-state index in [1.807, 2.05) is 0 Å². The Morgan fingerprint density at radius 1 is 1.33 bits per heavy atom. The van der Waals surface area contributed by atoms with Gasteiger partial charge in [-0.05, 0) is 35.2 Å². The minimum atomic E-state index is 0.621. The van der Waals surface area contributed by atoms with Crippen molar-refractivity contribution in [2.75, 3.05) is 13.1 Å². The molecule has 1 aromatic rings. The highest BCUT2D eigenvalue weighted by molar-refractivity contribution is 9.10. The Bertz CT molecular complexity index is 457. The van der Waals surface area contributed by atoms with Gasteiger partial charge in [-0.2, -0.15) is 5.10 Å². The van der Waals surface area contributed by atoms with Gasteiger partial charge in [-0.1, -0.05) is 27.2 Å². The molecule has 120 valence electrons. The summed E-state index contributed by atoms with van der Waals surface area (Å²) in [4.78, 5) is 2.65. The summed E-state index contributed by atoms with van der Waals surface area (Å²) in [5, 5.41) is 8.32. The monoisotopic (exact) mass is 356 g/mol. The summed E-state index contributed by atoms with van der Waals surface area (Å²) in [6.07, 6.45) is 4.68. The molecule has 1 aliphatic rings. The Balaban J connectivity index is 2.15. The molecular weight excluding hydrogens is 328 g/mol. The van der Waals surface area contributed by atoms with Gasteiger partial charge < -0.3 is 5.32 Å². The molecule has 0 aliphatic carbocycles. The maximum Gasteiger partial charge on any atom is 0.0767 e. The zero-order valence-electron chi connectivity index (χ0n) is 13.8. The lowest BCUT2D eigenvalue weighted by molar-refractivity contribution is 0.110.